The first-order chi connectivity index (χ1) is 16.5. The summed E-state index contributed by atoms with van der Waals surface area (Å²) in [6, 6.07) is 5.92. The molecule has 0 radical (unpaired) electrons. The third-order valence-corrected chi connectivity index (χ3v) is 8.28. The summed E-state index contributed by atoms with van der Waals surface area (Å²) in [6.07, 6.45) is 8.17. The molecule has 34 heavy (non-hydrogen) atoms. The quantitative estimate of drug-likeness (QED) is 0.534. The predicted octanol–water partition coefficient (Wildman–Crippen LogP) is 4.65. The average molecular weight is 480 g/mol. The van der Waals surface area contributed by atoms with Crippen LogP contribution in [0.5, 0.6) is 0 Å². The number of thiophene rings is 1. The first-order valence-corrected chi connectivity index (χ1v) is 13.3. The number of hydrogen-bond donors (Lipinski definition) is 0. The minimum Gasteiger partial charge on any atom is -0.339 e. The lowest BCUT2D eigenvalue weighted by Gasteiger charge is -2.35. The SMILES string of the molecule is Cc1nn(C)c2nc(-c3cccs3)cc(C(=O)N3CCN(C(=O)CCC4CCCCC4)CC3)c12. The fourth-order valence-corrected chi connectivity index (χ4v) is 6.14. The van der Waals surface area contributed by atoms with Gasteiger partial charge in [-0.3, -0.25) is 14.3 Å². The standard InChI is InChI=1S/C26H33N5O2S/c1-18-24-20(17-21(22-9-6-16-34-22)27-25(24)29(2)28-18)26(33)31-14-12-30(13-15-31)23(32)11-10-19-7-4-3-5-8-19/h6,9,16-17,19H,3-5,7-8,10-15H2,1-2H3. The molecule has 0 N–H and O–H groups in total. The van der Waals surface area contributed by atoms with Crippen LogP contribution in [0.1, 0.15) is 61.0 Å². The second-order valence-corrected chi connectivity index (χ2v) is 10.6. The largest absolute Gasteiger partial charge is 0.339 e. The molecule has 0 spiro atoms. The number of pyridine rings is 1. The fraction of sp³-hybridized carbons (Fsp3) is 0.538. The molecular weight excluding hydrogens is 446 g/mol. The highest BCUT2D eigenvalue weighted by atomic mass is 32.1. The van der Waals surface area contributed by atoms with Crippen molar-refractivity contribution in [1.82, 2.24) is 24.6 Å². The van der Waals surface area contributed by atoms with Gasteiger partial charge in [0.25, 0.3) is 5.91 Å². The summed E-state index contributed by atoms with van der Waals surface area (Å²) in [7, 11) is 1.87. The Hall–Kier alpha value is -2.74. The number of aryl methyl sites for hydroxylation is 2. The van der Waals surface area contributed by atoms with Gasteiger partial charge in [-0.2, -0.15) is 5.10 Å². The number of nitrogens with zero attached hydrogens (tertiary/aromatic N) is 5. The molecule has 0 bridgehead atoms. The van der Waals surface area contributed by atoms with Gasteiger partial charge in [0.1, 0.15) is 0 Å². The maximum Gasteiger partial charge on any atom is 0.254 e. The number of carbonyl (C=O) groups excluding carboxylic acids is 2. The zero-order chi connectivity index (χ0) is 23.7. The molecule has 1 saturated carbocycles. The Balaban J connectivity index is 1.29. The van der Waals surface area contributed by atoms with Crippen molar-refractivity contribution in [2.75, 3.05) is 26.2 Å². The first-order valence-electron chi connectivity index (χ1n) is 12.5. The topological polar surface area (TPSA) is 71.3 Å². The molecule has 4 heterocycles. The number of rotatable bonds is 5. The number of carbonyl (C=O) groups is 2. The highest BCUT2D eigenvalue weighted by molar-refractivity contribution is 7.13. The Kier molecular flexibility index (Phi) is 6.68. The maximum absolute atomic E-state index is 13.7. The monoisotopic (exact) mass is 479 g/mol. The highest BCUT2D eigenvalue weighted by Gasteiger charge is 2.28. The van der Waals surface area contributed by atoms with E-state index in [-0.39, 0.29) is 11.8 Å². The van der Waals surface area contributed by atoms with Gasteiger partial charge in [-0.05, 0) is 36.8 Å². The van der Waals surface area contributed by atoms with Crippen molar-refractivity contribution < 1.29 is 9.59 Å². The van der Waals surface area contributed by atoms with Gasteiger partial charge < -0.3 is 9.80 Å². The van der Waals surface area contributed by atoms with Gasteiger partial charge in [0, 0.05) is 39.6 Å². The van der Waals surface area contributed by atoms with Gasteiger partial charge in [-0.25, -0.2) is 4.98 Å². The smallest absolute Gasteiger partial charge is 0.254 e. The Morgan fingerprint density at radius 2 is 1.82 bits per heavy atom. The second-order valence-electron chi connectivity index (χ2n) is 9.66. The predicted molar refractivity (Wildman–Crippen MR) is 135 cm³/mol. The van der Waals surface area contributed by atoms with E-state index in [1.54, 1.807) is 16.0 Å². The van der Waals surface area contributed by atoms with E-state index in [4.69, 9.17) is 4.98 Å². The summed E-state index contributed by atoms with van der Waals surface area (Å²) >= 11 is 1.61. The molecule has 2 fully saturated rings. The third-order valence-electron chi connectivity index (χ3n) is 7.38. The average Bonchev–Trinajstić information content (AvgIpc) is 3.51. The van der Waals surface area contributed by atoms with Gasteiger partial charge in [0.2, 0.25) is 5.91 Å². The van der Waals surface area contributed by atoms with Gasteiger partial charge in [-0.1, -0.05) is 38.2 Å². The van der Waals surface area contributed by atoms with Gasteiger partial charge in [-0.15, -0.1) is 11.3 Å². The van der Waals surface area contributed by atoms with Gasteiger partial charge >= 0.3 is 0 Å². The van der Waals surface area contributed by atoms with Crippen molar-refractivity contribution in [2.45, 2.75) is 51.9 Å². The van der Waals surface area contributed by atoms with Crippen LogP contribution in [-0.2, 0) is 11.8 Å². The van der Waals surface area contributed by atoms with E-state index in [0.717, 1.165) is 39.6 Å². The molecule has 1 aliphatic carbocycles. The maximum atomic E-state index is 13.7. The van der Waals surface area contributed by atoms with Crippen LogP contribution in [0.4, 0.5) is 0 Å². The Bertz CT molecular complexity index is 1170. The molecule has 7 nitrogen and oxygen atoms in total. The number of aromatic nitrogens is 3. The van der Waals surface area contributed by atoms with Crippen LogP contribution in [0.3, 0.4) is 0 Å². The minimum atomic E-state index is -0.00406. The van der Waals surface area contributed by atoms with E-state index in [1.165, 1.54) is 32.1 Å². The van der Waals surface area contributed by atoms with Crippen molar-refractivity contribution in [3.8, 4) is 10.6 Å². The van der Waals surface area contributed by atoms with E-state index >= 15 is 0 Å². The molecule has 0 aromatic carbocycles. The number of hydrogen-bond acceptors (Lipinski definition) is 5. The summed E-state index contributed by atoms with van der Waals surface area (Å²) in [5.41, 5.74) is 2.98. The molecule has 0 unspecified atom stereocenters. The number of fused-ring (bicyclic) bond motifs is 1. The van der Waals surface area contributed by atoms with E-state index in [0.29, 0.717) is 38.2 Å². The highest BCUT2D eigenvalue weighted by Crippen LogP contribution is 2.30. The second kappa shape index (κ2) is 9.86. The van der Waals surface area contributed by atoms with Crippen LogP contribution in [0, 0.1) is 12.8 Å². The Labute approximate surface area is 204 Å². The normalized spacial score (nSPS) is 17.5. The van der Waals surface area contributed by atoms with Crippen molar-refractivity contribution in [1.29, 1.82) is 0 Å². The zero-order valence-electron chi connectivity index (χ0n) is 20.1. The van der Waals surface area contributed by atoms with Crippen molar-refractivity contribution in [2.24, 2.45) is 13.0 Å². The molecular formula is C26H33N5O2S. The molecule has 3 aromatic rings. The van der Waals surface area contributed by atoms with Crippen molar-refractivity contribution in [3.63, 3.8) is 0 Å². The minimum absolute atomic E-state index is 0.00406. The molecule has 1 aliphatic heterocycles. The van der Waals surface area contributed by atoms with Crippen LogP contribution >= 0.6 is 11.3 Å². The van der Waals surface area contributed by atoms with Crippen LogP contribution in [-0.4, -0.2) is 62.6 Å². The van der Waals surface area contributed by atoms with Crippen LogP contribution in [0.15, 0.2) is 23.6 Å². The van der Waals surface area contributed by atoms with Gasteiger partial charge in [0.15, 0.2) is 5.65 Å². The number of piperazine rings is 1. The van der Waals surface area contributed by atoms with E-state index in [2.05, 4.69) is 5.10 Å². The summed E-state index contributed by atoms with van der Waals surface area (Å²) in [4.78, 5) is 36.1. The van der Waals surface area contributed by atoms with Crippen LogP contribution in [0.2, 0.25) is 0 Å². The summed E-state index contributed by atoms with van der Waals surface area (Å²) in [5.74, 6) is 0.956. The molecule has 3 aromatic heterocycles. The number of amides is 2. The molecule has 8 heteroatoms. The summed E-state index contributed by atoms with van der Waals surface area (Å²) < 4.78 is 1.75. The van der Waals surface area contributed by atoms with Gasteiger partial charge in [0.05, 0.1) is 27.2 Å². The molecule has 2 aliphatic rings. The first kappa shape index (κ1) is 23.0. The van der Waals surface area contributed by atoms with Crippen LogP contribution in [0.25, 0.3) is 21.6 Å². The Morgan fingerprint density at radius 1 is 1.09 bits per heavy atom. The summed E-state index contributed by atoms with van der Waals surface area (Å²) in [6.45, 7) is 4.26. The summed E-state index contributed by atoms with van der Waals surface area (Å²) in [5, 5.41) is 7.36. The molecule has 1 saturated heterocycles. The Morgan fingerprint density at radius 3 is 2.53 bits per heavy atom. The van der Waals surface area contributed by atoms with Crippen LogP contribution < -0.4 is 0 Å². The zero-order valence-corrected chi connectivity index (χ0v) is 20.9. The molecule has 0 atom stereocenters. The third kappa shape index (κ3) is 4.60. The molecule has 2 amide bonds. The van der Waals surface area contributed by atoms with Crippen molar-refractivity contribution >= 4 is 34.2 Å². The van der Waals surface area contributed by atoms with E-state index in [1.807, 2.05) is 47.4 Å². The fourth-order valence-electron chi connectivity index (χ4n) is 5.45. The molecule has 180 valence electrons. The van der Waals surface area contributed by atoms with E-state index in [9.17, 15) is 9.59 Å². The molecule has 5 rings (SSSR count). The van der Waals surface area contributed by atoms with Crippen molar-refractivity contribution in [3.05, 3.63) is 34.8 Å². The lowest BCUT2D eigenvalue weighted by molar-refractivity contribution is -0.133. The lowest BCUT2D eigenvalue weighted by atomic mass is 9.86. The van der Waals surface area contributed by atoms with E-state index < -0.39 is 0 Å². The lowest BCUT2D eigenvalue weighted by Crippen LogP contribution is -2.50.